The molecule has 0 aromatic carbocycles. The lowest BCUT2D eigenvalue weighted by atomic mass is 9.44. The van der Waals surface area contributed by atoms with Gasteiger partial charge in [0.15, 0.2) is 0 Å². The van der Waals surface area contributed by atoms with E-state index in [4.69, 9.17) is 0 Å². The first kappa shape index (κ1) is 18.2. The Labute approximate surface area is 158 Å². The molecule has 7 atom stereocenters. The topological polar surface area (TPSA) is 34.1 Å². The Morgan fingerprint density at radius 3 is 2.50 bits per heavy atom. The lowest BCUT2D eigenvalue weighted by molar-refractivity contribution is -0.157. The number of hydrogen-bond donors (Lipinski definition) is 0. The molecule has 4 aliphatic rings. The molecule has 4 fully saturated rings. The lowest BCUT2D eigenvalue weighted by Gasteiger charge is -2.59. The van der Waals surface area contributed by atoms with Gasteiger partial charge in [-0.15, -0.1) is 0 Å². The van der Waals surface area contributed by atoms with Crippen molar-refractivity contribution >= 4 is 11.6 Å². The van der Waals surface area contributed by atoms with Crippen LogP contribution in [0.25, 0.3) is 0 Å². The van der Waals surface area contributed by atoms with Crippen molar-refractivity contribution < 1.29 is 9.59 Å². The molecule has 0 N–H and O–H groups in total. The second-order valence-electron chi connectivity index (χ2n) is 10.2. The predicted octanol–water partition coefficient (Wildman–Crippen LogP) is 5.53. The van der Waals surface area contributed by atoms with Gasteiger partial charge in [0.05, 0.1) is 0 Å². The molecule has 0 aromatic heterocycles. The Hall–Kier alpha value is -1.18. The van der Waals surface area contributed by atoms with Crippen molar-refractivity contribution in [3.05, 3.63) is 24.3 Å². The number of carbonyl (C=O) groups is 2. The van der Waals surface area contributed by atoms with E-state index in [2.05, 4.69) is 33.4 Å². The molecule has 4 saturated carbocycles. The highest BCUT2D eigenvalue weighted by atomic mass is 16.1. The summed E-state index contributed by atoms with van der Waals surface area (Å²) >= 11 is 0. The fraction of sp³-hybridized carbons (Fsp3) is 0.750. The molecule has 0 aliphatic heterocycles. The molecule has 2 nitrogen and oxygen atoms in total. The van der Waals surface area contributed by atoms with Crippen LogP contribution in [0, 0.1) is 40.4 Å². The summed E-state index contributed by atoms with van der Waals surface area (Å²) in [6.45, 7) is 11.0. The van der Waals surface area contributed by atoms with Crippen molar-refractivity contribution in [1.82, 2.24) is 0 Å². The number of Topliss-reactive ketones (excluding diaryl/α,β-unsaturated/α-hetero) is 2. The molecule has 4 unspecified atom stereocenters. The van der Waals surface area contributed by atoms with Gasteiger partial charge in [-0.25, -0.2) is 0 Å². The van der Waals surface area contributed by atoms with Crippen LogP contribution >= 0.6 is 0 Å². The first-order chi connectivity index (χ1) is 12.3. The lowest BCUT2D eigenvalue weighted by Crippen LogP contribution is -2.56. The molecular weight excluding hydrogens is 320 g/mol. The molecule has 26 heavy (non-hydrogen) atoms. The van der Waals surface area contributed by atoms with E-state index in [0.29, 0.717) is 53.5 Å². The van der Waals surface area contributed by atoms with Crippen LogP contribution in [0.5, 0.6) is 0 Å². The molecule has 0 aromatic rings. The second kappa shape index (κ2) is 6.17. The van der Waals surface area contributed by atoms with Gasteiger partial charge >= 0.3 is 0 Å². The highest BCUT2D eigenvalue weighted by molar-refractivity contribution is 5.90. The van der Waals surface area contributed by atoms with E-state index < -0.39 is 0 Å². The van der Waals surface area contributed by atoms with E-state index in [0.717, 1.165) is 12.8 Å². The molecule has 0 spiro atoms. The van der Waals surface area contributed by atoms with Crippen LogP contribution < -0.4 is 0 Å². The molecule has 0 radical (unpaired) electrons. The number of allylic oxidation sites excluding steroid dienone is 3. The Morgan fingerprint density at radius 2 is 1.77 bits per heavy atom. The maximum Gasteiger partial charge on any atom is 0.137 e. The van der Waals surface area contributed by atoms with Gasteiger partial charge in [0.2, 0.25) is 0 Å². The van der Waals surface area contributed by atoms with Gasteiger partial charge in [-0.05, 0) is 73.5 Å². The molecule has 4 aliphatic carbocycles. The molecule has 142 valence electrons. The smallest absolute Gasteiger partial charge is 0.137 e. The van der Waals surface area contributed by atoms with E-state index in [9.17, 15) is 9.59 Å². The molecule has 2 heteroatoms. The normalized spacial score (nSPS) is 48.6. The molecular formula is C24H34O2. The summed E-state index contributed by atoms with van der Waals surface area (Å²) in [5.74, 6) is 3.20. The fourth-order valence-corrected chi connectivity index (χ4v) is 7.89. The third kappa shape index (κ3) is 2.43. The van der Waals surface area contributed by atoms with Crippen molar-refractivity contribution in [3.8, 4) is 0 Å². The van der Waals surface area contributed by atoms with Crippen molar-refractivity contribution in [2.45, 2.75) is 72.1 Å². The summed E-state index contributed by atoms with van der Waals surface area (Å²) < 4.78 is 0. The SMILES string of the molecule is C=CC=C(C)[C@H]1CCC2C3CC(=O)C4CC(=O)CC[C@]4(C)C3CC[C@@]21C. The summed E-state index contributed by atoms with van der Waals surface area (Å²) in [5, 5.41) is 0. The Bertz CT molecular complexity index is 674. The van der Waals surface area contributed by atoms with Gasteiger partial charge in [-0.3, -0.25) is 9.59 Å². The standard InChI is InChI=1S/C24H34O2/c1-5-6-15(2)18-7-8-19-17-14-22(26)21-13-16(25)9-11-24(21,4)20(17)10-12-23(18,19)3/h5-6,17-21H,1,7-14H2,2-4H3/t17?,18-,19?,20?,21?,23-,24-/m1/s1. The highest BCUT2D eigenvalue weighted by Gasteiger charge is 2.62. The van der Waals surface area contributed by atoms with Crippen LogP contribution in [-0.2, 0) is 9.59 Å². The van der Waals surface area contributed by atoms with Gasteiger partial charge in [0, 0.05) is 25.2 Å². The van der Waals surface area contributed by atoms with E-state index in [1.54, 1.807) is 0 Å². The van der Waals surface area contributed by atoms with E-state index in [1.165, 1.54) is 31.3 Å². The van der Waals surface area contributed by atoms with Crippen molar-refractivity contribution in [2.75, 3.05) is 0 Å². The number of fused-ring (bicyclic) bond motifs is 5. The van der Waals surface area contributed by atoms with Crippen molar-refractivity contribution in [1.29, 1.82) is 0 Å². The monoisotopic (exact) mass is 354 g/mol. The zero-order chi connectivity index (χ0) is 18.7. The number of rotatable bonds is 2. The quantitative estimate of drug-likeness (QED) is 0.611. The van der Waals surface area contributed by atoms with Crippen molar-refractivity contribution in [3.63, 3.8) is 0 Å². The number of ketones is 2. The number of hydrogen-bond acceptors (Lipinski definition) is 2. The number of carbonyl (C=O) groups excluding carboxylic acids is 2. The van der Waals surface area contributed by atoms with Crippen LogP contribution in [0.2, 0.25) is 0 Å². The van der Waals surface area contributed by atoms with Gasteiger partial charge < -0.3 is 0 Å². The summed E-state index contributed by atoms with van der Waals surface area (Å²) in [4.78, 5) is 25.1. The summed E-state index contributed by atoms with van der Waals surface area (Å²) in [6.07, 6.45) is 12.0. The van der Waals surface area contributed by atoms with Gasteiger partial charge in [0.25, 0.3) is 0 Å². The Morgan fingerprint density at radius 1 is 1.04 bits per heavy atom. The zero-order valence-electron chi connectivity index (χ0n) is 16.7. The highest BCUT2D eigenvalue weighted by Crippen LogP contribution is 2.67. The first-order valence-corrected chi connectivity index (χ1v) is 10.6. The fourth-order valence-electron chi connectivity index (χ4n) is 7.89. The van der Waals surface area contributed by atoms with Gasteiger partial charge in [-0.1, -0.05) is 38.2 Å². The molecule has 4 rings (SSSR count). The van der Waals surface area contributed by atoms with Crippen LogP contribution in [-0.4, -0.2) is 11.6 Å². The Balaban J connectivity index is 1.66. The Kier molecular flexibility index (Phi) is 4.32. The van der Waals surface area contributed by atoms with Crippen LogP contribution in [0.4, 0.5) is 0 Å². The molecule has 0 amide bonds. The zero-order valence-corrected chi connectivity index (χ0v) is 16.7. The molecule has 0 saturated heterocycles. The average Bonchev–Trinajstić information content (AvgIpc) is 2.94. The third-order valence-corrected chi connectivity index (χ3v) is 9.21. The second-order valence-corrected chi connectivity index (χ2v) is 10.2. The average molecular weight is 355 g/mol. The maximum atomic E-state index is 13.1. The predicted molar refractivity (Wildman–Crippen MR) is 105 cm³/mol. The summed E-state index contributed by atoms with van der Waals surface area (Å²) in [6, 6.07) is 0. The van der Waals surface area contributed by atoms with E-state index >= 15 is 0 Å². The van der Waals surface area contributed by atoms with Crippen molar-refractivity contribution in [2.24, 2.45) is 40.4 Å². The van der Waals surface area contributed by atoms with Crippen LogP contribution in [0.15, 0.2) is 24.3 Å². The minimum Gasteiger partial charge on any atom is -0.300 e. The summed E-state index contributed by atoms with van der Waals surface area (Å²) in [5.41, 5.74) is 1.87. The van der Waals surface area contributed by atoms with Crippen LogP contribution in [0.3, 0.4) is 0 Å². The minimum atomic E-state index is 0.00829. The maximum absolute atomic E-state index is 13.1. The molecule has 0 bridgehead atoms. The largest absolute Gasteiger partial charge is 0.300 e. The summed E-state index contributed by atoms with van der Waals surface area (Å²) in [7, 11) is 0. The van der Waals surface area contributed by atoms with Gasteiger partial charge in [-0.2, -0.15) is 0 Å². The molecule has 0 heterocycles. The first-order valence-electron chi connectivity index (χ1n) is 10.6. The van der Waals surface area contributed by atoms with Gasteiger partial charge in [0.1, 0.15) is 11.6 Å². The van der Waals surface area contributed by atoms with E-state index in [-0.39, 0.29) is 11.3 Å². The third-order valence-electron chi connectivity index (χ3n) is 9.21. The minimum absolute atomic E-state index is 0.00829. The van der Waals surface area contributed by atoms with Crippen LogP contribution in [0.1, 0.15) is 72.1 Å². The van der Waals surface area contributed by atoms with E-state index in [1.807, 2.05) is 6.08 Å².